The molecule has 0 N–H and O–H groups in total. The molecule has 2 aromatic heterocycles. The van der Waals surface area contributed by atoms with E-state index in [4.69, 9.17) is 4.74 Å². The number of methoxy groups -OCH3 is 1. The summed E-state index contributed by atoms with van der Waals surface area (Å²) in [6.45, 7) is 4.88. The summed E-state index contributed by atoms with van der Waals surface area (Å²) in [5, 5.41) is 0. The number of imidazole rings is 2. The molecular weight excluding hydrogens is 276 g/mol. The van der Waals surface area contributed by atoms with Crippen LogP contribution in [-0.2, 0) is 13.0 Å². The van der Waals surface area contributed by atoms with Gasteiger partial charge in [-0.15, -0.1) is 0 Å². The van der Waals surface area contributed by atoms with Crippen LogP contribution in [0.15, 0.2) is 43.1 Å². The van der Waals surface area contributed by atoms with Gasteiger partial charge in [-0.25, -0.2) is 9.97 Å². The molecule has 22 heavy (non-hydrogen) atoms. The van der Waals surface area contributed by atoms with Crippen molar-refractivity contribution in [2.45, 2.75) is 26.8 Å². The van der Waals surface area contributed by atoms with Crippen LogP contribution in [0.1, 0.15) is 24.0 Å². The molecule has 2 heterocycles. The molecule has 0 atom stereocenters. The fourth-order valence-corrected chi connectivity index (χ4v) is 2.53. The summed E-state index contributed by atoms with van der Waals surface area (Å²) >= 11 is 0. The van der Waals surface area contributed by atoms with Crippen LogP contribution in [0.2, 0.25) is 0 Å². The summed E-state index contributed by atoms with van der Waals surface area (Å²) in [7, 11) is 1.69. The quantitative estimate of drug-likeness (QED) is 0.727. The van der Waals surface area contributed by atoms with Crippen LogP contribution in [0.25, 0.3) is 5.69 Å². The van der Waals surface area contributed by atoms with E-state index in [-0.39, 0.29) is 0 Å². The fourth-order valence-electron chi connectivity index (χ4n) is 2.53. The van der Waals surface area contributed by atoms with Crippen molar-refractivity contribution in [3.63, 3.8) is 0 Å². The molecule has 0 bridgehead atoms. The van der Waals surface area contributed by atoms with Gasteiger partial charge in [0.05, 0.1) is 31.4 Å². The Morgan fingerprint density at radius 3 is 2.86 bits per heavy atom. The molecule has 0 saturated carbocycles. The summed E-state index contributed by atoms with van der Waals surface area (Å²) in [5.74, 6) is 1.96. The van der Waals surface area contributed by atoms with Gasteiger partial charge in [0.15, 0.2) is 0 Å². The molecule has 5 nitrogen and oxygen atoms in total. The van der Waals surface area contributed by atoms with Crippen LogP contribution in [0.5, 0.6) is 5.75 Å². The lowest BCUT2D eigenvalue weighted by Crippen LogP contribution is -2.03. The Labute approximate surface area is 130 Å². The molecule has 0 aliphatic carbocycles. The van der Waals surface area contributed by atoms with E-state index in [9.17, 15) is 0 Å². The zero-order valence-electron chi connectivity index (χ0n) is 13.2. The van der Waals surface area contributed by atoms with Gasteiger partial charge in [-0.05, 0) is 18.6 Å². The van der Waals surface area contributed by atoms with Gasteiger partial charge in [0.2, 0.25) is 0 Å². The molecule has 0 unspecified atom stereocenters. The van der Waals surface area contributed by atoms with Crippen molar-refractivity contribution in [2.24, 2.45) is 0 Å². The van der Waals surface area contributed by atoms with Crippen LogP contribution in [0.4, 0.5) is 0 Å². The number of aryl methyl sites for hydroxylation is 2. The average Bonchev–Trinajstić information content (AvgIpc) is 3.17. The Morgan fingerprint density at radius 1 is 1.23 bits per heavy atom. The van der Waals surface area contributed by atoms with Crippen LogP contribution < -0.4 is 4.74 Å². The summed E-state index contributed by atoms with van der Waals surface area (Å²) < 4.78 is 9.52. The Bertz CT molecular complexity index is 773. The number of hydrogen-bond donors (Lipinski definition) is 0. The molecule has 114 valence electrons. The third-order valence-corrected chi connectivity index (χ3v) is 3.78. The summed E-state index contributed by atoms with van der Waals surface area (Å²) in [6.07, 6.45) is 8.63. The van der Waals surface area contributed by atoms with E-state index in [0.29, 0.717) is 0 Å². The average molecular weight is 296 g/mol. The van der Waals surface area contributed by atoms with E-state index in [1.54, 1.807) is 7.11 Å². The smallest absolute Gasteiger partial charge is 0.123 e. The lowest BCUT2D eigenvalue weighted by atomic mass is 10.2. The second-order valence-corrected chi connectivity index (χ2v) is 5.25. The predicted molar refractivity (Wildman–Crippen MR) is 85.6 cm³/mol. The first-order valence-corrected chi connectivity index (χ1v) is 7.39. The van der Waals surface area contributed by atoms with Crippen LogP contribution >= 0.6 is 0 Å². The number of ether oxygens (including phenoxy) is 1. The second kappa shape index (κ2) is 6.05. The normalized spacial score (nSPS) is 10.9. The van der Waals surface area contributed by atoms with Gasteiger partial charge in [0.1, 0.15) is 11.6 Å². The van der Waals surface area contributed by atoms with Gasteiger partial charge in [0, 0.05) is 31.1 Å². The molecule has 1 aromatic carbocycles. The highest BCUT2D eigenvalue weighted by atomic mass is 16.5. The Kier molecular flexibility index (Phi) is 3.96. The zero-order chi connectivity index (χ0) is 15.5. The highest BCUT2D eigenvalue weighted by Gasteiger charge is 2.06. The number of nitrogens with zero attached hydrogens (tertiary/aromatic N) is 4. The molecule has 0 spiro atoms. The minimum atomic E-state index is 0.735. The lowest BCUT2D eigenvalue weighted by molar-refractivity contribution is 0.411. The van der Waals surface area contributed by atoms with Crippen LogP contribution in [0.3, 0.4) is 0 Å². The zero-order valence-corrected chi connectivity index (χ0v) is 13.2. The first kappa shape index (κ1) is 14.4. The molecule has 0 fully saturated rings. The van der Waals surface area contributed by atoms with Crippen LogP contribution in [-0.4, -0.2) is 26.2 Å². The predicted octanol–water partition coefficient (Wildman–Crippen LogP) is 3.00. The first-order valence-electron chi connectivity index (χ1n) is 7.39. The number of aromatic nitrogens is 4. The minimum absolute atomic E-state index is 0.735. The summed E-state index contributed by atoms with van der Waals surface area (Å²) in [5.41, 5.74) is 3.17. The maximum atomic E-state index is 5.38. The summed E-state index contributed by atoms with van der Waals surface area (Å²) in [4.78, 5) is 8.83. The molecule has 0 aliphatic heterocycles. The van der Waals surface area contributed by atoms with E-state index in [0.717, 1.165) is 41.5 Å². The third kappa shape index (κ3) is 2.74. The third-order valence-electron chi connectivity index (χ3n) is 3.78. The minimum Gasteiger partial charge on any atom is -0.496 e. The van der Waals surface area contributed by atoms with Crippen molar-refractivity contribution in [3.05, 3.63) is 60.2 Å². The van der Waals surface area contributed by atoms with Crippen LogP contribution in [0, 0.1) is 6.92 Å². The topological polar surface area (TPSA) is 44.9 Å². The Morgan fingerprint density at radius 2 is 2.09 bits per heavy atom. The van der Waals surface area contributed by atoms with Gasteiger partial charge in [-0.1, -0.05) is 13.0 Å². The molecule has 0 aliphatic rings. The summed E-state index contributed by atoms with van der Waals surface area (Å²) in [6, 6.07) is 6.15. The number of rotatable bonds is 5. The van der Waals surface area contributed by atoms with E-state index in [2.05, 4.69) is 33.6 Å². The van der Waals surface area contributed by atoms with Crippen molar-refractivity contribution < 1.29 is 4.74 Å². The van der Waals surface area contributed by atoms with E-state index in [1.807, 2.05) is 42.5 Å². The number of benzene rings is 1. The molecule has 0 saturated heterocycles. The maximum absolute atomic E-state index is 5.38. The molecule has 3 rings (SSSR count). The SMILES string of the molecule is CCc1nccn1Cc1cn(-c2ccc(C)c(OC)c2)cn1. The van der Waals surface area contributed by atoms with Gasteiger partial charge in [-0.3, -0.25) is 0 Å². The standard InChI is InChI=1S/C17H20N4O/c1-4-17-18-7-8-20(17)10-14-11-21(12-19-14)15-6-5-13(2)16(9-15)22-3/h5-9,11-12H,4,10H2,1-3H3. The maximum Gasteiger partial charge on any atom is 0.123 e. The fraction of sp³-hybridized carbons (Fsp3) is 0.294. The lowest BCUT2D eigenvalue weighted by Gasteiger charge is -2.08. The molecule has 3 aromatic rings. The van der Waals surface area contributed by atoms with Crippen molar-refractivity contribution >= 4 is 0 Å². The monoisotopic (exact) mass is 296 g/mol. The molecule has 0 radical (unpaired) electrons. The van der Waals surface area contributed by atoms with Crippen molar-refractivity contribution in [1.29, 1.82) is 0 Å². The first-order chi connectivity index (χ1) is 10.7. The highest BCUT2D eigenvalue weighted by molar-refractivity contribution is 5.44. The number of hydrogen-bond acceptors (Lipinski definition) is 3. The van der Waals surface area contributed by atoms with E-state index in [1.165, 1.54) is 0 Å². The van der Waals surface area contributed by atoms with Gasteiger partial charge in [0.25, 0.3) is 0 Å². The van der Waals surface area contributed by atoms with E-state index < -0.39 is 0 Å². The van der Waals surface area contributed by atoms with Gasteiger partial charge in [-0.2, -0.15) is 0 Å². The Balaban J connectivity index is 1.84. The molecule has 0 amide bonds. The Hall–Kier alpha value is -2.56. The van der Waals surface area contributed by atoms with Gasteiger partial charge < -0.3 is 13.9 Å². The largest absolute Gasteiger partial charge is 0.496 e. The molecular formula is C17H20N4O. The molecule has 5 heteroatoms. The van der Waals surface area contributed by atoms with Crippen molar-refractivity contribution in [1.82, 2.24) is 19.1 Å². The van der Waals surface area contributed by atoms with Gasteiger partial charge >= 0.3 is 0 Å². The van der Waals surface area contributed by atoms with Crippen molar-refractivity contribution in [2.75, 3.05) is 7.11 Å². The second-order valence-electron chi connectivity index (χ2n) is 5.25. The van der Waals surface area contributed by atoms with E-state index >= 15 is 0 Å². The van der Waals surface area contributed by atoms with Crippen molar-refractivity contribution in [3.8, 4) is 11.4 Å². The highest BCUT2D eigenvalue weighted by Crippen LogP contribution is 2.21.